The maximum Gasteiger partial charge on any atom is 0.347 e. The molecule has 0 aromatic heterocycles. The van der Waals surface area contributed by atoms with E-state index in [1.54, 1.807) is 6.92 Å². The smallest absolute Gasteiger partial charge is 0.347 e. The summed E-state index contributed by atoms with van der Waals surface area (Å²) in [5, 5.41) is 0. The third-order valence-electron chi connectivity index (χ3n) is 3.00. The summed E-state index contributed by atoms with van der Waals surface area (Å²) in [6, 6.07) is 0. The van der Waals surface area contributed by atoms with Crippen LogP contribution in [0.25, 0.3) is 0 Å². The fourth-order valence-corrected chi connectivity index (χ4v) is 1.61. The summed E-state index contributed by atoms with van der Waals surface area (Å²) in [4.78, 5) is 22.6. The zero-order chi connectivity index (χ0) is 15.5. The summed E-state index contributed by atoms with van der Waals surface area (Å²) in [7, 11) is 0. The van der Waals surface area contributed by atoms with Crippen molar-refractivity contribution in [3.63, 3.8) is 0 Å². The molecule has 2 atom stereocenters. The van der Waals surface area contributed by atoms with E-state index in [-0.39, 0.29) is 12.4 Å². The van der Waals surface area contributed by atoms with Gasteiger partial charge >= 0.3 is 11.9 Å². The van der Waals surface area contributed by atoms with Crippen LogP contribution < -0.4 is 0 Å². The molecule has 0 aromatic carbocycles. The van der Waals surface area contributed by atoms with Gasteiger partial charge in [0, 0.05) is 6.42 Å². The average molecular weight is 284 g/mol. The van der Waals surface area contributed by atoms with Gasteiger partial charge < -0.3 is 9.47 Å². The highest BCUT2D eigenvalue weighted by Crippen LogP contribution is 2.12. The van der Waals surface area contributed by atoms with Gasteiger partial charge in [-0.2, -0.15) is 0 Å². The molecule has 0 fully saturated rings. The first-order valence-electron chi connectivity index (χ1n) is 7.36. The van der Waals surface area contributed by atoms with Gasteiger partial charge in [0.2, 0.25) is 0 Å². The molecule has 0 saturated carbocycles. The van der Waals surface area contributed by atoms with Gasteiger partial charge in [-0.3, -0.25) is 4.79 Å². The van der Waals surface area contributed by atoms with E-state index < -0.39 is 12.1 Å². The lowest BCUT2D eigenvalue weighted by Gasteiger charge is -2.14. The maximum absolute atomic E-state index is 11.6. The van der Waals surface area contributed by atoms with Crippen LogP contribution in [-0.2, 0) is 19.1 Å². The standard InChI is InChI=1S/C16H28O4/c1-6-15(17)20-14(5)16(18)19-11-10-13(4)9-7-8-12(2)3/h8,13-14H,6-7,9-11H2,1-5H3. The van der Waals surface area contributed by atoms with Crippen LogP contribution in [0.1, 0.15) is 60.3 Å². The molecule has 4 heteroatoms. The predicted molar refractivity (Wildman–Crippen MR) is 79.3 cm³/mol. The lowest BCUT2D eigenvalue weighted by Crippen LogP contribution is -2.26. The highest BCUT2D eigenvalue weighted by Gasteiger charge is 2.18. The molecule has 116 valence electrons. The largest absolute Gasteiger partial charge is 0.463 e. The number of carbonyl (C=O) groups is 2. The van der Waals surface area contributed by atoms with E-state index in [2.05, 4.69) is 26.8 Å². The Morgan fingerprint density at radius 2 is 1.80 bits per heavy atom. The molecular weight excluding hydrogens is 256 g/mol. The summed E-state index contributed by atoms with van der Waals surface area (Å²) in [6.45, 7) is 9.93. The van der Waals surface area contributed by atoms with Gasteiger partial charge in [-0.25, -0.2) is 4.79 Å². The Morgan fingerprint density at radius 1 is 1.15 bits per heavy atom. The molecule has 2 unspecified atom stereocenters. The van der Waals surface area contributed by atoms with Crippen molar-refractivity contribution in [2.75, 3.05) is 6.61 Å². The maximum atomic E-state index is 11.6. The van der Waals surface area contributed by atoms with Crippen molar-refractivity contribution in [1.82, 2.24) is 0 Å². The Bertz CT molecular complexity index is 329. The molecular formula is C16H28O4. The summed E-state index contributed by atoms with van der Waals surface area (Å²) < 4.78 is 10.0. The van der Waals surface area contributed by atoms with E-state index in [1.807, 2.05) is 0 Å². The van der Waals surface area contributed by atoms with Crippen molar-refractivity contribution < 1.29 is 19.1 Å². The third-order valence-corrected chi connectivity index (χ3v) is 3.00. The van der Waals surface area contributed by atoms with Crippen LogP contribution in [0.3, 0.4) is 0 Å². The molecule has 4 nitrogen and oxygen atoms in total. The monoisotopic (exact) mass is 284 g/mol. The Morgan fingerprint density at radius 3 is 2.35 bits per heavy atom. The molecule has 0 radical (unpaired) electrons. The lowest BCUT2D eigenvalue weighted by atomic mass is 10.0. The van der Waals surface area contributed by atoms with Crippen molar-refractivity contribution in [1.29, 1.82) is 0 Å². The molecule has 20 heavy (non-hydrogen) atoms. The number of carbonyl (C=O) groups excluding carboxylic acids is 2. The number of hydrogen-bond donors (Lipinski definition) is 0. The van der Waals surface area contributed by atoms with Gasteiger partial charge in [0.1, 0.15) is 0 Å². The van der Waals surface area contributed by atoms with Gasteiger partial charge in [-0.05, 0) is 46.0 Å². The minimum absolute atomic E-state index is 0.263. The molecule has 0 aromatic rings. The van der Waals surface area contributed by atoms with Crippen LogP contribution in [-0.4, -0.2) is 24.6 Å². The van der Waals surface area contributed by atoms with Crippen molar-refractivity contribution in [3.8, 4) is 0 Å². The highest BCUT2D eigenvalue weighted by atomic mass is 16.6. The number of rotatable bonds is 9. The molecule has 0 aliphatic rings. The first-order valence-corrected chi connectivity index (χ1v) is 7.36. The molecule has 0 aliphatic heterocycles. The van der Waals surface area contributed by atoms with E-state index in [9.17, 15) is 9.59 Å². The Hall–Kier alpha value is -1.32. The minimum Gasteiger partial charge on any atom is -0.463 e. The zero-order valence-corrected chi connectivity index (χ0v) is 13.4. The van der Waals surface area contributed by atoms with E-state index in [0.717, 1.165) is 19.3 Å². The van der Waals surface area contributed by atoms with Crippen molar-refractivity contribution >= 4 is 11.9 Å². The van der Waals surface area contributed by atoms with E-state index in [4.69, 9.17) is 9.47 Å². The quantitative estimate of drug-likeness (QED) is 0.479. The predicted octanol–water partition coefficient (Wildman–Crippen LogP) is 3.64. The van der Waals surface area contributed by atoms with Crippen LogP contribution in [0.4, 0.5) is 0 Å². The average Bonchev–Trinajstić information content (AvgIpc) is 2.37. The second-order valence-electron chi connectivity index (χ2n) is 5.41. The van der Waals surface area contributed by atoms with Gasteiger partial charge in [-0.15, -0.1) is 0 Å². The Labute approximate surface area is 122 Å². The second-order valence-corrected chi connectivity index (χ2v) is 5.41. The fraction of sp³-hybridized carbons (Fsp3) is 0.750. The number of esters is 2. The van der Waals surface area contributed by atoms with Crippen LogP contribution in [0, 0.1) is 5.92 Å². The third kappa shape index (κ3) is 9.59. The number of hydrogen-bond acceptors (Lipinski definition) is 4. The molecule has 0 rings (SSSR count). The summed E-state index contributed by atoms with van der Waals surface area (Å²) >= 11 is 0. The molecule has 0 aliphatic carbocycles. The molecule has 0 amide bonds. The Balaban J connectivity index is 3.79. The SMILES string of the molecule is CCC(=O)OC(C)C(=O)OCCC(C)CCC=C(C)C. The van der Waals surface area contributed by atoms with E-state index >= 15 is 0 Å². The number of ether oxygens (including phenoxy) is 2. The van der Waals surface area contributed by atoms with Crippen LogP contribution >= 0.6 is 0 Å². The summed E-state index contributed by atoms with van der Waals surface area (Å²) in [5.41, 5.74) is 1.33. The molecule has 0 spiro atoms. The van der Waals surface area contributed by atoms with Crippen molar-refractivity contribution in [3.05, 3.63) is 11.6 Å². The normalized spacial score (nSPS) is 13.2. The van der Waals surface area contributed by atoms with Crippen molar-refractivity contribution in [2.45, 2.75) is 66.4 Å². The molecule has 0 saturated heterocycles. The molecule has 0 heterocycles. The topological polar surface area (TPSA) is 52.6 Å². The zero-order valence-electron chi connectivity index (χ0n) is 13.4. The van der Waals surface area contributed by atoms with Crippen LogP contribution in [0.15, 0.2) is 11.6 Å². The van der Waals surface area contributed by atoms with Gasteiger partial charge in [0.25, 0.3) is 0 Å². The van der Waals surface area contributed by atoms with E-state index in [1.165, 1.54) is 12.5 Å². The molecule has 0 bridgehead atoms. The number of allylic oxidation sites excluding steroid dienone is 2. The summed E-state index contributed by atoms with van der Waals surface area (Å²) in [5.74, 6) is -0.347. The lowest BCUT2D eigenvalue weighted by molar-refractivity contribution is -0.166. The van der Waals surface area contributed by atoms with Gasteiger partial charge in [0.15, 0.2) is 6.10 Å². The summed E-state index contributed by atoms with van der Waals surface area (Å²) in [6.07, 6.45) is 4.64. The van der Waals surface area contributed by atoms with E-state index in [0.29, 0.717) is 12.5 Å². The first-order chi connectivity index (χ1) is 9.36. The van der Waals surface area contributed by atoms with Crippen LogP contribution in [0.5, 0.6) is 0 Å². The highest BCUT2D eigenvalue weighted by molar-refractivity contribution is 5.78. The first kappa shape index (κ1) is 18.7. The van der Waals surface area contributed by atoms with Gasteiger partial charge in [-0.1, -0.05) is 25.5 Å². The minimum atomic E-state index is -0.816. The van der Waals surface area contributed by atoms with Gasteiger partial charge in [0.05, 0.1) is 6.61 Å². The van der Waals surface area contributed by atoms with Crippen LogP contribution in [0.2, 0.25) is 0 Å². The second kappa shape index (κ2) is 10.5. The molecule has 0 N–H and O–H groups in total. The van der Waals surface area contributed by atoms with Crippen molar-refractivity contribution in [2.24, 2.45) is 5.92 Å². The fourth-order valence-electron chi connectivity index (χ4n) is 1.61. The Kier molecular flexibility index (Phi) is 9.77.